The Bertz CT molecular complexity index is 1270. The summed E-state index contributed by atoms with van der Waals surface area (Å²) in [6.07, 6.45) is 1.66. The lowest BCUT2D eigenvalue weighted by atomic mass is 9.99. The highest BCUT2D eigenvalue weighted by Gasteiger charge is 2.28. The Labute approximate surface area is 277 Å². The fourth-order valence-corrected chi connectivity index (χ4v) is 8.48. The number of amides is 2. The van der Waals surface area contributed by atoms with E-state index in [1.165, 1.54) is 0 Å². The van der Waals surface area contributed by atoms with Gasteiger partial charge in [-0.1, -0.05) is 162 Å². The van der Waals surface area contributed by atoms with Crippen molar-refractivity contribution < 1.29 is 18.6 Å². The van der Waals surface area contributed by atoms with E-state index in [4.69, 9.17) is 9.05 Å². The number of rotatable bonds is 16. The molecule has 0 radical (unpaired) electrons. The molecular formula is C38H46N2O4P2. The number of benzene rings is 4. The first-order valence-electron chi connectivity index (χ1n) is 16.1. The zero-order chi connectivity index (χ0) is 32.7. The number of carbonyl (C=O) groups excluding carboxylic acids is 2. The monoisotopic (exact) mass is 656 g/mol. The molecule has 46 heavy (non-hydrogen) atoms. The predicted molar refractivity (Wildman–Crippen MR) is 193 cm³/mol. The van der Waals surface area contributed by atoms with Crippen LogP contribution < -0.4 is 31.9 Å². The molecule has 0 bridgehead atoms. The summed E-state index contributed by atoms with van der Waals surface area (Å²) in [4.78, 5) is 26.8. The quantitative estimate of drug-likeness (QED) is 0.112. The lowest BCUT2D eigenvalue weighted by Crippen LogP contribution is -2.52. The lowest BCUT2D eigenvalue weighted by molar-refractivity contribution is -0.140. The molecule has 0 aliphatic carbocycles. The van der Waals surface area contributed by atoms with Crippen LogP contribution in [0, 0.1) is 11.8 Å². The molecule has 0 aromatic heterocycles. The number of nitrogens with one attached hydrogen (secondary N) is 2. The number of hydrogen-bond acceptors (Lipinski definition) is 4. The van der Waals surface area contributed by atoms with E-state index in [-0.39, 0.29) is 23.9 Å². The van der Waals surface area contributed by atoms with Gasteiger partial charge in [0.25, 0.3) is 0 Å². The molecule has 0 saturated heterocycles. The van der Waals surface area contributed by atoms with Crippen LogP contribution in [0.4, 0.5) is 0 Å². The summed E-state index contributed by atoms with van der Waals surface area (Å²) in [7, 11) is -2.19. The molecule has 0 spiro atoms. The van der Waals surface area contributed by atoms with Gasteiger partial charge in [-0.3, -0.25) is 9.59 Å². The van der Waals surface area contributed by atoms with E-state index in [1.807, 2.05) is 72.8 Å². The van der Waals surface area contributed by atoms with Gasteiger partial charge in [0.2, 0.25) is 0 Å². The van der Waals surface area contributed by atoms with Crippen LogP contribution in [0.5, 0.6) is 0 Å². The van der Waals surface area contributed by atoms with Gasteiger partial charge >= 0.3 is 11.8 Å². The second-order valence-electron chi connectivity index (χ2n) is 11.5. The van der Waals surface area contributed by atoms with Crippen molar-refractivity contribution in [1.82, 2.24) is 10.6 Å². The number of hydrogen-bond donors (Lipinski definition) is 2. The van der Waals surface area contributed by atoms with Crippen molar-refractivity contribution in [3.63, 3.8) is 0 Å². The average molecular weight is 657 g/mol. The molecule has 4 rings (SSSR count). The largest absolute Gasteiger partial charge is 0.347 e. The molecule has 2 unspecified atom stereocenters. The van der Waals surface area contributed by atoms with Crippen molar-refractivity contribution in [3.8, 4) is 0 Å². The molecule has 0 fully saturated rings. The fourth-order valence-electron chi connectivity index (χ4n) is 4.89. The van der Waals surface area contributed by atoms with Gasteiger partial charge in [0, 0.05) is 21.2 Å². The van der Waals surface area contributed by atoms with E-state index < -0.39 is 28.1 Å². The van der Waals surface area contributed by atoms with Gasteiger partial charge in [-0.05, 0) is 11.8 Å². The molecule has 6 nitrogen and oxygen atoms in total. The molecule has 8 heteroatoms. The third-order valence-corrected chi connectivity index (χ3v) is 12.1. The smallest absolute Gasteiger partial charge is 0.309 e. The molecule has 4 atom stereocenters. The Morgan fingerprint density at radius 1 is 0.522 bits per heavy atom. The van der Waals surface area contributed by atoms with Crippen molar-refractivity contribution in [1.29, 1.82) is 0 Å². The second-order valence-corrected chi connectivity index (χ2v) is 15.2. The van der Waals surface area contributed by atoms with Gasteiger partial charge < -0.3 is 19.7 Å². The molecule has 0 heterocycles. The van der Waals surface area contributed by atoms with E-state index in [0.29, 0.717) is 13.2 Å². The summed E-state index contributed by atoms with van der Waals surface area (Å²) >= 11 is 0. The van der Waals surface area contributed by atoms with Gasteiger partial charge in [0.1, 0.15) is 0 Å². The first-order chi connectivity index (χ1) is 22.4. The molecule has 0 saturated carbocycles. The minimum atomic E-state index is -1.09. The molecule has 4 aromatic carbocycles. The zero-order valence-electron chi connectivity index (χ0n) is 27.2. The SMILES string of the molecule is CCC(C)[C@@H](COP(c1ccccc1)c1ccccc1)NC(=O)C(=O)N[C@H](COP(c1ccccc1)c1ccccc1)C(C)CC. The van der Waals surface area contributed by atoms with Crippen LogP contribution >= 0.6 is 16.3 Å². The molecular weight excluding hydrogens is 610 g/mol. The normalized spacial score (nSPS) is 14.0. The van der Waals surface area contributed by atoms with Crippen LogP contribution in [-0.4, -0.2) is 37.1 Å². The predicted octanol–water partition coefficient (Wildman–Crippen LogP) is 6.18. The van der Waals surface area contributed by atoms with E-state index in [2.05, 4.69) is 86.9 Å². The van der Waals surface area contributed by atoms with Crippen molar-refractivity contribution >= 4 is 49.3 Å². The second kappa shape index (κ2) is 18.7. The Hall–Kier alpha value is -3.40. The van der Waals surface area contributed by atoms with Gasteiger partial charge in [-0.15, -0.1) is 0 Å². The van der Waals surface area contributed by atoms with Crippen molar-refractivity contribution in [2.24, 2.45) is 11.8 Å². The van der Waals surface area contributed by atoms with E-state index in [1.54, 1.807) is 0 Å². The third kappa shape index (κ3) is 10.3. The minimum Gasteiger partial charge on any atom is -0.347 e. The van der Waals surface area contributed by atoms with E-state index in [9.17, 15) is 9.59 Å². The molecule has 2 amide bonds. The summed E-state index contributed by atoms with van der Waals surface area (Å²) in [5, 5.41) is 10.4. The Morgan fingerprint density at radius 3 is 1.02 bits per heavy atom. The maximum absolute atomic E-state index is 13.4. The highest BCUT2D eigenvalue weighted by atomic mass is 31.1. The first-order valence-corrected chi connectivity index (χ1v) is 18.6. The summed E-state index contributed by atoms with van der Waals surface area (Å²) in [5.41, 5.74) is 0. The fraction of sp³-hybridized carbons (Fsp3) is 0.316. The summed E-state index contributed by atoms with van der Waals surface area (Å²) in [5.74, 6) is -1.10. The van der Waals surface area contributed by atoms with Crippen LogP contribution in [-0.2, 0) is 18.6 Å². The maximum Gasteiger partial charge on any atom is 0.309 e. The van der Waals surface area contributed by atoms with Gasteiger partial charge in [0.15, 0.2) is 0 Å². The van der Waals surface area contributed by atoms with Gasteiger partial charge in [-0.25, -0.2) is 0 Å². The first kappa shape index (κ1) is 35.5. The maximum atomic E-state index is 13.4. The summed E-state index contributed by atoms with van der Waals surface area (Å²) < 4.78 is 13.1. The summed E-state index contributed by atoms with van der Waals surface area (Å²) in [6, 6.07) is 39.9. The van der Waals surface area contributed by atoms with Gasteiger partial charge in [-0.2, -0.15) is 0 Å². The van der Waals surface area contributed by atoms with E-state index in [0.717, 1.165) is 34.1 Å². The average Bonchev–Trinajstić information content (AvgIpc) is 3.11. The minimum absolute atomic E-state index is 0.106. The van der Waals surface area contributed by atoms with Crippen LogP contribution in [0.2, 0.25) is 0 Å². The topological polar surface area (TPSA) is 76.7 Å². The van der Waals surface area contributed by atoms with Crippen LogP contribution in [0.15, 0.2) is 121 Å². The van der Waals surface area contributed by atoms with Crippen LogP contribution in [0.25, 0.3) is 0 Å². The number of carbonyl (C=O) groups is 2. The van der Waals surface area contributed by atoms with Crippen LogP contribution in [0.1, 0.15) is 40.5 Å². The Morgan fingerprint density at radius 2 is 0.783 bits per heavy atom. The van der Waals surface area contributed by atoms with Crippen LogP contribution in [0.3, 0.4) is 0 Å². The molecule has 242 valence electrons. The summed E-state index contributed by atoms with van der Waals surface area (Å²) in [6.45, 7) is 8.89. The van der Waals surface area contributed by atoms with E-state index >= 15 is 0 Å². The highest BCUT2D eigenvalue weighted by Crippen LogP contribution is 2.36. The molecule has 0 aliphatic rings. The standard InChI is InChI=1S/C38H46N2O4P2/c1-5-29(3)35(27-43-45(31-19-11-7-12-20-31)32-21-13-8-14-22-32)39-37(41)38(42)40-36(30(4)6-2)28-44-46(33-23-15-9-16-24-33)34-25-17-10-18-26-34/h7-26,29-30,35-36H,5-6,27-28H2,1-4H3,(H,39,41)(H,40,42)/t29?,30?,35-,36-/m1/s1. The highest BCUT2D eigenvalue weighted by molar-refractivity contribution is 7.68. The molecule has 4 aromatic rings. The Balaban J connectivity index is 1.43. The third-order valence-electron chi connectivity index (χ3n) is 8.23. The van der Waals surface area contributed by atoms with Crippen molar-refractivity contribution in [3.05, 3.63) is 121 Å². The van der Waals surface area contributed by atoms with Crippen molar-refractivity contribution in [2.45, 2.75) is 52.6 Å². The zero-order valence-corrected chi connectivity index (χ0v) is 29.0. The molecule has 0 aliphatic heterocycles. The Kier molecular flexibility index (Phi) is 14.4. The lowest BCUT2D eigenvalue weighted by Gasteiger charge is -2.29. The van der Waals surface area contributed by atoms with Gasteiger partial charge in [0.05, 0.1) is 41.6 Å². The van der Waals surface area contributed by atoms with Crippen molar-refractivity contribution in [2.75, 3.05) is 13.2 Å². The molecule has 2 N–H and O–H groups in total.